The minimum absolute atomic E-state index is 0.0729. The van der Waals surface area contributed by atoms with Crippen molar-refractivity contribution in [2.24, 2.45) is 0 Å². The van der Waals surface area contributed by atoms with Crippen LogP contribution in [0.1, 0.15) is 5.56 Å². The van der Waals surface area contributed by atoms with Crippen LogP contribution in [-0.4, -0.2) is 11.3 Å². The number of nitro groups is 1. The Morgan fingerprint density at radius 2 is 1.76 bits per heavy atom. The smallest absolute Gasteiger partial charge is 0.489 e. The Morgan fingerprint density at radius 3 is 2.40 bits per heavy atom. The largest absolute Gasteiger partial charge is 0.573 e. The van der Waals surface area contributed by atoms with Crippen molar-refractivity contribution in [3.8, 4) is 11.5 Å². The minimum atomic E-state index is -4.74. The Hall–Kier alpha value is -3.23. The quantitative estimate of drug-likeness (QED) is 0.486. The van der Waals surface area contributed by atoms with Crippen molar-refractivity contribution in [1.82, 2.24) is 0 Å². The van der Waals surface area contributed by atoms with E-state index in [0.717, 1.165) is 6.26 Å². The van der Waals surface area contributed by atoms with Gasteiger partial charge < -0.3 is 13.9 Å². The van der Waals surface area contributed by atoms with E-state index in [1.54, 1.807) is 6.07 Å². The zero-order valence-corrected chi connectivity index (χ0v) is 12.4. The lowest BCUT2D eigenvalue weighted by molar-refractivity contribution is -0.383. The summed E-state index contributed by atoms with van der Waals surface area (Å²) in [5.41, 5.74) is 0.790. The molecule has 2 aromatic carbocycles. The molecule has 0 saturated heterocycles. The van der Waals surface area contributed by atoms with Gasteiger partial charge in [-0.05, 0) is 35.9 Å². The van der Waals surface area contributed by atoms with Crippen LogP contribution in [0.5, 0.6) is 11.5 Å². The second-order valence-electron chi connectivity index (χ2n) is 5.02. The van der Waals surface area contributed by atoms with Crippen molar-refractivity contribution in [1.29, 1.82) is 0 Å². The maximum atomic E-state index is 12.1. The Labute approximate surface area is 138 Å². The molecule has 0 N–H and O–H groups in total. The molecule has 0 radical (unpaired) electrons. The summed E-state index contributed by atoms with van der Waals surface area (Å²) in [5.74, 6) is 0.0410. The van der Waals surface area contributed by atoms with Crippen molar-refractivity contribution in [2.45, 2.75) is 13.0 Å². The van der Waals surface area contributed by atoms with E-state index in [4.69, 9.17) is 9.15 Å². The number of hydrogen-bond acceptors (Lipinski definition) is 5. The van der Waals surface area contributed by atoms with Crippen molar-refractivity contribution < 1.29 is 32.0 Å². The molecular formula is C16H10F3NO5. The molecule has 0 spiro atoms. The lowest BCUT2D eigenvalue weighted by Crippen LogP contribution is -2.17. The van der Waals surface area contributed by atoms with E-state index >= 15 is 0 Å². The van der Waals surface area contributed by atoms with Gasteiger partial charge in [0, 0.05) is 0 Å². The van der Waals surface area contributed by atoms with Gasteiger partial charge in [-0.2, -0.15) is 0 Å². The third kappa shape index (κ3) is 4.00. The Balaban J connectivity index is 1.70. The highest BCUT2D eigenvalue weighted by atomic mass is 19.4. The summed E-state index contributed by atoms with van der Waals surface area (Å²) in [6, 6.07) is 9.80. The van der Waals surface area contributed by atoms with Crippen LogP contribution >= 0.6 is 0 Å². The summed E-state index contributed by atoms with van der Waals surface area (Å²) in [6.45, 7) is 0.0729. The number of nitrogens with zero attached hydrogens (tertiary/aromatic N) is 1. The fourth-order valence-electron chi connectivity index (χ4n) is 2.18. The van der Waals surface area contributed by atoms with Crippen LogP contribution in [0.3, 0.4) is 0 Å². The zero-order chi connectivity index (χ0) is 18.0. The molecule has 0 unspecified atom stereocenters. The van der Waals surface area contributed by atoms with E-state index in [1.807, 2.05) is 0 Å². The highest BCUT2D eigenvalue weighted by Crippen LogP contribution is 2.31. The highest BCUT2D eigenvalue weighted by Gasteiger charge is 2.30. The first kappa shape index (κ1) is 16.6. The van der Waals surface area contributed by atoms with E-state index in [2.05, 4.69) is 4.74 Å². The molecule has 9 heteroatoms. The summed E-state index contributed by atoms with van der Waals surface area (Å²) in [7, 11) is 0. The van der Waals surface area contributed by atoms with Crippen LogP contribution < -0.4 is 9.47 Å². The van der Waals surface area contributed by atoms with Gasteiger partial charge in [-0.3, -0.25) is 10.1 Å². The number of furan rings is 1. The molecule has 3 aromatic rings. The van der Waals surface area contributed by atoms with Crippen LogP contribution in [0.4, 0.5) is 18.9 Å². The number of hydrogen-bond donors (Lipinski definition) is 0. The monoisotopic (exact) mass is 353 g/mol. The van der Waals surface area contributed by atoms with Gasteiger partial charge in [-0.1, -0.05) is 12.1 Å². The maximum Gasteiger partial charge on any atom is 0.573 e. The third-order valence-electron chi connectivity index (χ3n) is 3.28. The molecule has 0 bridgehead atoms. The van der Waals surface area contributed by atoms with E-state index in [9.17, 15) is 23.3 Å². The topological polar surface area (TPSA) is 74.7 Å². The predicted molar refractivity (Wildman–Crippen MR) is 80.3 cm³/mol. The summed E-state index contributed by atoms with van der Waals surface area (Å²) in [4.78, 5) is 10.3. The molecule has 0 saturated carbocycles. The molecule has 25 heavy (non-hydrogen) atoms. The molecule has 130 valence electrons. The van der Waals surface area contributed by atoms with Gasteiger partial charge in [0.15, 0.2) is 6.26 Å². The average Bonchev–Trinajstić information content (AvgIpc) is 2.96. The number of fused-ring (bicyclic) bond motifs is 1. The van der Waals surface area contributed by atoms with E-state index < -0.39 is 11.3 Å². The molecule has 1 heterocycles. The van der Waals surface area contributed by atoms with E-state index in [1.165, 1.54) is 36.4 Å². The Bertz CT molecular complexity index is 902. The second kappa shape index (κ2) is 6.34. The van der Waals surface area contributed by atoms with Crippen LogP contribution in [0.15, 0.2) is 53.1 Å². The van der Waals surface area contributed by atoms with Gasteiger partial charge >= 0.3 is 12.0 Å². The average molecular weight is 353 g/mol. The van der Waals surface area contributed by atoms with Crippen LogP contribution in [0.25, 0.3) is 11.0 Å². The maximum absolute atomic E-state index is 12.1. The normalized spacial score (nSPS) is 11.5. The van der Waals surface area contributed by atoms with Gasteiger partial charge in [-0.15, -0.1) is 13.2 Å². The molecule has 0 aliphatic rings. The van der Waals surface area contributed by atoms with Gasteiger partial charge in [-0.25, -0.2) is 0 Å². The molecule has 1 aromatic heterocycles. The number of rotatable bonds is 5. The van der Waals surface area contributed by atoms with Crippen LogP contribution in [-0.2, 0) is 6.61 Å². The lowest BCUT2D eigenvalue weighted by Gasteiger charge is -2.10. The standard InChI is InChI=1S/C16H10F3NO5/c17-16(18,19)25-11-3-1-10(2-4-11)8-23-12-5-6-15-13(7-12)14(9-24-15)20(21)22/h1-7,9H,8H2. The van der Waals surface area contributed by atoms with Gasteiger partial charge in [0.1, 0.15) is 29.1 Å². The molecule has 0 amide bonds. The Kier molecular flexibility index (Phi) is 4.22. The molecule has 3 rings (SSSR count). The number of alkyl halides is 3. The van der Waals surface area contributed by atoms with E-state index in [0.29, 0.717) is 22.3 Å². The first-order chi connectivity index (χ1) is 11.8. The van der Waals surface area contributed by atoms with Crippen molar-refractivity contribution in [3.63, 3.8) is 0 Å². The molecular weight excluding hydrogens is 343 g/mol. The second-order valence-corrected chi connectivity index (χ2v) is 5.02. The van der Waals surface area contributed by atoms with Crippen LogP contribution in [0, 0.1) is 10.1 Å². The first-order valence-electron chi connectivity index (χ1n) is 6.95. The van der Waals surface area contributed by atoms with Gasteiger partial charge in [0.05, 0.1) is 4.92 Å². The van der Waals surface area contributed by atoms with Crippen molar-refractivity contribution >= 4 is 16.7 Å². The van der Waals surface area contributed by atoms with Crippen molar-refractivity contribution in [3.05, 3.63) is 64.4 Å². The summed E-state index contributed by atoms with van der Waals surface area (Å²) >= 11 is 0. The minimum Gasteiger partial charge on any atom is -0.489 e. The predicted octanol–water partition coefficient (Wildman–Crippen LogP) is 4.82. The lowest BCUT2D eigenvalue weighted by atomic mass is 10.2. The molecule has 6 nitrogen and oxygen atoms in total. The third-order valence-corrected chi connectivity index (χ3v) is 3.28. The molecule has 0 fully saturated rings. The fraction of sp³-hybridized carbons (Fsp3) is 0.125. The molecule has 0 atom stereocenters. The summed E-state index contributed by atoms with van der Waals surface area (Å²) in [5, 5.41) is 11.2. The molecule has 0 aliphatic heterocycles. The van der Waals surface area contributed by atoms with Gasteiger partial charge in [0.2, 0.25) is 0 Å². The van der Waals surface area contributed by atoms with Crippen LogP contribution in [0.2, 0.25) is 0 Å². The number of ether oxygens (including phenoxy) is 2. The Morgan fingerprint density at radius 1 is 1.08 bits per heavy atom. The SMILES string of the molecule is O=[N+]([O-])c1coc2ccc(OCc3ccc(OC(F)(F)F)cc3)cc12. The first-order valence-corrected chi connectivity index (χ1v) is 6.95. The number of halogens is 3. The zero-order valence-electron chi connectivity index (χ0n) is 12.4. The molecule has 0 aliphatic carbocycles. The van der Waals surface area contributed by atoms with Crippen molar-refractivity contribution in [2.75, 3.05) is 0 Å². The number of benzene rings is 2. The highest BCUT2D eigenvalue weighted by molar-refractivity contribution is 5.88. The summed E-state index contributed by atoms with van der Waals surface area (Å²) in [6.07, 6.45) is -3.69. The van der Waals surface area contributed by atoms with Gasteiger partial charge in [0.25, 0.3) is 0 Å². The summed E-state index contributed by atoms with van der Waals surface area (Å²) < 4.78 is 50.7. The van der Waals surface area contributed by atoms with E-state index in [-0.39, 0.29) is 18.0 Å². The fourth-order valence-corrected chi connectivity index (χ4v) is 2.18.